The lowest BCUT2D eigenvalue weighted by molar-refractivity contribution is -0.0643. The van der Waals surface area contributed by atoms with Crippen LogP contribution in [0.5, 0.6) is 5.75 Å². The molecule has 20 heavy (non-hydrogen) atoms. The fourth-order valence-corrected chi connectivity index (χ4v) is 3.54. The molecule has 4 N–H and O–H groups in total. The minimum Gasteiger partial charge on any atom is -0.508 e. The highest BCUT2D eigenvalue weighted by molar-refractivity contribution is 6.02. The van der Waals surface area contributed by atoms with Gasteiger partial charge in [0, 0.05) is 17.4 Å². The van der Waals surface area contributed by atoms with E-state index in [4.69, 9.17) is 0 Å². The van der Waals surface area contributed by atoms with Gasteiger partial charge in [-0.3, -0.25) is 4.79 Å². The Bertz CT molecular complexity index is 568. The standard InChI is InChI=1S/C15H18O5/c1-6-4-8-9(5-11(6)17)14(19)13(18)7-2-3-10(16)15(20)12(7)8/h4-5,7,10,12-13,15-18,20H,2-3H2,1H3. The molecule has 5 nitrogen and oxygen atoms in total. The summed E-state index contributed by atoms with van der Waals surface area (Å²) in [4.78, 5) is 12.2. The lowest BCUT2D eigenvalue weighted by Gasteiger charge is -2.44. The van der Waals surface area contributed by atoms with Crippen LogP contribution < -0.4 is 0 Å². The summed E-state index contributed by atoms with van der Waals surface area (Å²) in [5, 5.41) is 40.0. The summed E-state index contributed by atoms with van der Waals surface area (Å²) in [7, 11) is 0. The van der Waals surface area contributed by atoms with Crippen molar-refractivity contribution in [2.24, 2.45) is 5.92 Å². The van der Waals surface area contributed by atoms with Gasteiger partial charge >= 0.3 is 0 Å². The van der Waals surface area contributed by atoms with Crippen LogP contribution in [0.1, 0.15) is 40.2 Å². The maximum atomic E-state index is 12.2. The Balaban J connectivity index is 2.18. The highest BCUT2D eigenvalue weighted by Crippen LogP contribution is 2.46. The highest BCUT2D eigenvalue weighted by Gasteiger charge is 2.48. The van der Waals surface area contributed by atoms with Crippen molar-refractivity contribution < 1.29 is 25.2 Å². The van der Waals surface area contributed by atoms with Gasteiger partial charge in [0.1, 0.15) is 11.9 Å². The van der Waals surface area contributed by atoms with E-state index < -0.39 is 30.0 Å². The smallest absolute Gasteiger partial charge is 0.191 e. The van der Waals surface area contributed by atoms with Gasteiger partial charge in [-0.05, 0) is 37.0 Å². The fourth-order valence-electron chi connectivity index (χ4n) is 3.54. The SMILES string of the molecule is Cc1cc2c(cc1O)C(=O)C(O)C1CCC(O)C(O)C21. The van der Waals surface area contributed by atoms with Crippen molar-refractivity contribution in [1.82, 2.24) is 0 Å². The molecule has 1 saturated carbocycles. The topological polar surface area (TPSA) is 98.0 Å². The van der Waals surface area contributed by atoms with Crippen LogP contribution in [0.2, 0.25) is 0 Å². The minimum absolute atomic E-state index is 0.00593. The lowest BCUT2D eigenvalue weighted by atomic mass is 9.64. The van der Waals surface area contributed by atoms with Gasteiger partial charge in [-0.2, -0.15) is 0 Å². The number of ketones is 1. The zero-order valence-corrected chi connectivity index (χ0v) is 11.2. The summed E-state index contributed by atoms with van der Waals surface area (Å²) in [5.74, 6) is -1.27. The number of rotatable bonds is 0. The predicted molar refractivity (Wildman–Crippen MR) is 70.7 cm³/mol. The van der Waals surface area contributed by atoms with E-state index in [2.05, 4.69) is 0 Å². The molecule has 2 aliphatic rings. The average molecular weight is 278 g/mol. The van der Waals surface area contributed by atoms with Gasteiger partial charge in [-0.25, -0.2) is 0 Å². The van der Waals surface area contributed by atoms with Gasteiger partial charge in [-0.15, -0.1) is 0 Å². The van der Waals surface area contributed by atoms with E-state index in [0.717, 1.165) is 0 Å². The minimum atomic E-state index is -1.18. The Hall–Kier alpha value is -1.43. The summed E-state index contributed by atoms with van der Waals surface area (Å²) >= 11 is 0. The van der Waals surface area contributed by atoms with Crippen molar-refractivity contribution in [2.45, 2.75) is 44.0 Å². The number of phenolic OH excluding ortho intramolecular Hbond substituents is 1. The number of aromatic hydroxyl groups is 1. The van der Waals surface area contributed by atoms with Gasteiger partial charge in [0.25, 0.3) is 0 Å². The molecule has 5 atom stereocenters. The van der Waals surface area contributed by atoms with Crippen LogP contribution in [0.3, 0.4) is 0 Å². The number of benzene rings is 1. The molecule has 5 unspecified atom stereocenters. The molecule has 0 bridgehead atoms. The molecule has 3 rings (SSSR count). The Morgan fingerprint density at radius 2 is 1.85 bits per heavy atom. The van der Waals surface area contributed by atoms with E-state index in [1.54, 1.807) is 13.0 Å². The monoisotopic (exact) mass is 278 g/mol. The second kappa shape index (κ2) is 4.55. The van der Waals surface area contributed by atoms with Crippen LogP contribution in [0, 0.1) is 12.8 Å². The molecule has 5 heteroatoms. The molecule has 1 aromatic carbocycles. The lowest BCUT2D eigenvalue weighted by Crippen LogP contribution is -2.50. The van der Waals surface area contributed by atoms with Crippen LogP contribution >= 0.6 is 0 Å². The number of carbonyl (C=O) groups excluding carboxylic acids is 1. The molecule has 0 aliphatic heterocycles. The Kier molecular flexibility index (Phi) is 3.08. The van der Waals surface area contributed by atoms with Crippen molar-refractivity contribution in [3.63, 3.8) is 0 Å². The van der Waals surface area contributed by atoms with Gasteiger partial charge in [0.2, 0.25) is 0 Å². The Morgan fingerprint density at radius 3 is 2.55 bits per heavy atom. The first kappa shape index (κ1) is 13.5. The van der Waals surface area contributed by atoms with Gasteiger partial charge in [0.15, 0.2) is 5.78 Å². The molecule has 108 valence electrons. The number of phenols is 1. The van der Waals surface area contributed by atoms with E-state index in [-0.39, 0.29) is 17.2 Å². The van der Waals surface area contributed by atoms with E-state index in [1.807, 2.05) is 0 Å². The summed E-state index contributed by atoms with van der Waals surface area (Å²) < 4.78 is 0. The average Bonchev–Trinajstić information content (AvgIpc) is 2.41. The number of aliphatic hydroxyl groups excluding tert-OH is 3. The fraction of sp³-hybridized carbons (Fsp3) is 0.533. The second-order valence-electron chi connectivity index (χ2n) is 5.86. The summed E-state index contributed by atoms with van der Waals surface area (Å²) in [5.41, 5.74) is 1.47. The molecule has 1 aromatic rings. The van der Waals surface area contributed by atoms with Crippen LogP contribution in [0.15, 0.2) is 12.1 Å². The largest absolute Gasteiger partial charge is 0.508 e. The van der Waals surface area contributed by atoms with Crippen LogP contribution in [0.4, 0.5) is 0 Å². The Morgan fingerprint density at radius 1 is 1.15 bits per heavy atom. The van der Waals surface area contributed by atoms with E-state index in [1.165, 1.54) is 6.07 Å². The third-order valence-corrected chi connectivity index (χ3v) is 4.69. The molecule has 0 radical (unpaired) electrons. The summed E-state index contributed by atoms with van der Waals surface area (Å²) in [6, 6.07) is 3.02. The van der Waals surface area contributed by atoms with E-state index in [9.17, 15) is 25.2 Å². The van der Waals surface area contributed by atoms with Crippen molar-refractivity contribution >= 4 is 5.78 Å². The quantitative estimate of drug-likeness (QED) is 0.553. The summed E-state index contributed by atoms with van der Waals surface area (Å²) in [6.45, 7) is 1.71. The molecule has 0 heterocycles. The van der Waals surface area contributed by atoms with Crippen molar-refractivity contribution in [3.8, 4) is 5.75 Å². The Labute approximate surface area is 116 Å². The molecule has 1 fully saturated rings. The van der Waals surface area contributed by atoms with E-state index in [0.29, 0.717) is 24.0 Å². The number of aliphatic hydroxyl groups is 3. The van der Waals surface area contributed by atoms with Crippen molar-refractivity contribution in [1.29, 1.82) is 0 Å². The predicted octanol–water partition coefficient (Wildman–Crippen LogP) is 0.473. The van der Waals surface area contributed by atoms with Gasteiger partial charge in [-0.1, -0.05) is 6.07 Å². The van der Waals surface area contributed by atoms with Crippen LogP contribution in [0.25, 0.3) is 0 Å². The van der Waals surface area contributed by atoms with Crippen molar-refractivity contribution in [2.75, 3.05) is 0 Å². The number of aryl methyl sites for hydroxylation is 1. The molecule has 0 amide bonds. The third kappa shape index (κ3) is 1.78. The van der Waals surface area contributed by atoms with Crippen LogP contribution in [-0.4, -0.2) is 44.5 Å². The maximum Gasteiger partial charge on any atom is 0.191 e. The molecule has 0 aromatic heterocycles. The molecular formula is C15H18O5. The zero-order valence-electron chi connectivity index (χ0n) is 11.2. The molecule has 2 aliphatic carbocycles. The van der Waals surface area contributed by atoms with E-state index >= 15 is 0 Å². The molecule has 0 saturated heterocycles. The number of hydrogen-bond donors (Lipinski definition) is 4. The van der Waals surface area contributed by atoms with Gasteiger partial charge < -0.3 is 20.4 Å². The summed E-state index contributed by atoms with van der Waals surface area (Å²) in [6.07, 6.45) is -2.16. The maximum absolute atomic E-state index is 12.2. The first-order chi connectivity index (χ1) is 9.41. The first-order valence-corrected chi connectivity index (χ1v) is 6.83. The van der Waals surface area contributed by atoms with Crippen molar-refractivity contribution in [3.05, 3.63) is 28.8 Å². The molecular weight excluding hydrogens is 260 g/mol. The number of fused-ring (bicyclic) bond motifs is 3. The number of carbonyl (C=O) groups is 1. The first-order valence-electron chi connectivity index (χ1n) is 6.83. The number of Topliss-reactive ketones (excluding diaryl/α,β-unsaturated/α-hetero) is 1. The van der Waals surface area contributed by atoms with Crippen LogP contribution in [-0.2, 0) is 0 Å². The zero-order chi connectivity index (χ0) is 14.6. The third-order valence-electron chi connectivity index (χ3n) is 4.69. The normalized spacial score (nSPS) is 36.4. The second-order valence-corrected chi connectivity index (χ2v) is 5.86. The highest BCUT2D eigenvalue weighted by atomic mass is 16.3. The van der Waals surface area contributed by atoms with Gasteiger partial charge in [0.05, 0.1) is 12.2 Å². The number of hydrogen-bond acceptors (Lipinski definition) is 5. The molecule has 0 spiro atoms.